The second-order valence-corrected chi connectivity index (χ2v) is 5.91. The maximum atomic E-state index is 9.87. The number of rotatable bonds is 9. The van der Waals surface area contributed by atoms with Crippen molar-refractivity contribution in [3.05, 3.63) is 0 Å². The molecular formula is C15H31NO4. The molecular weight excluding hydrogens is 258 g/mol. The zero-order chi connectivity index (χ0) is 15.0. The minimum Gasteiger partial charge on any atom is -0.395 e. The van der Waals surface area contributed by atoms with E-state index in [9.17, 15) is 20.4 Å². The molecule has 0 spiro atoms. The van der Waals surface area contributed by atoms with Crippen molar-refractivity contribution in [3.8, 4) is 0 Å². The summed E-state index contributed by atoms with van der Waals surface area (Å²) in [5.41, 5.74) is 0. The monoisotopic (exact) mass is 289 g/mol. The maximum Gasteiger partial charge on any atom is 0.109 e. The molecule has 1 saturated heterocycles. The first-order valence-electron chi connectivity index (χ1n) is 8.01. The van der Waals surface area contributed by atoms with Crippen LogP contribution in [0.15, 0.2) is 0 Å². The van der Waals surface area contributed by atoms with Crippen LogP contribution in [-0.2, 0) is 0 Å². The number of piperidine rings is 1. The van der Waals surface area contributed by atoms with Crippen LogP contribution < -0.4 is 0 Å². The molecule has 0 aromatic rings. The summed E-state index contributed by atoms with van der Waals surface area (Å²) in [5, 5.41) is 38.5. The minimum absolute atomic E-state index is 0.193. The molecule has 20 heavy (non-hydrogen) atoms. The number of aliphatic hydroxyl groups is 4. The number of likely N-dealkylation sites (tertiary alicyclic amines) is 1. The van der Waals surface area contributed by atoms with Gasteiger partial charge in [0.05, 0.1) is 18.8 Å². The van der Waals surface area contributed by atoms with Gasteiger partial charge in [0, 0.05) is 6.54 Å². The highest BCUT2D eigenvalue weighted by molar-refractivity contribution is 4.93. The van der Waals surface area contributed by atoms with Gasteiger partial charge in [0.2, 0.25) is 0 Å². The Kier molecular flexibility index (Phi) is 8.64. The number of unbranched alkanes of at least 4 members (excludes halogenated alkanes) is 6. The molecule has 4 N–H and O–H groups in total. The molecule has 0 bridgehead atoms. The Morgan fingerprint density at radius 3 is 2.10 bits per heavy atom. The maximum absolute atomic E-state index is 9.87. The van der Waals surface area contributed by atoms with Crippen molar-refractivity contribution in [2.75, 3.05) is 19.7 Å². The molecule has 0 aromatic carbocycles. The van der Waals surface area contributed by atoms with Crippen molar-refractivity contribution in [2.24, 2.45) is 0 Å². The van der Waals surface area contributed by atoms with Gasteiger partial charge in [0.25, 0.3) is 0 Å². The van der Waals surface area contributed by atoms with Crippen LogP contribution in [-0.4, -0.2) is 69.4 Å². The molecule has 1 aliphatic heterocycles. The lowest BCUT2D eigenvalue weighted by Crippen LogP contribution is -2.62. The van der Waals surface area contributed by atoms with Gasteiger partial charge in [-0.3, -0.25) is 4.90 Å². The molecule has 1 fully saturated rings. The molecule has 0 saturated carbocycles. The van der Waals surface area contributed by atoms with E-state index in [0.717, 1.165) is 19.4 Å². The molecule has 0 unspecified atom stereocenters. The summed E-state index contributed by atoms with van der Waals surface area (Å²) in [4.78, 5) is 1.90. The first-order valence-corrected chi connectivity index (χ1v) is 8.01. The second-order valence-electron chi connectivity index (χ2n) is 5.91. The van der Waals surface area contributed by atoms with Gasteiger partial charge in [0.1, 0.15) is 12.2 Å². The standard InChI is InChI=1S/C15H31NO4/c1-2-3-4-5-6-7-8-9-16-10-13(18)15(20)14(19)12(16)11-17/h12-15,17-20H,2-11H2,1H3/t12-,13-,14+,15-/m0/s1. The van der Waals surface area contributed by atoms with Gasteiger partial charge in [-0.1, -0.05) is 45.4 Å². The highest BCUT2D eigenvalue weighted by Crippen LogP contribution is 2.19. The van der Waals surface area contributed by atoms with Gasteiger partial charge in [-0.05, 0) is 13.0 Å². The Bertz CT molecular complexity index is 252. The molecule has 0 radical (unpaired) electrons. The SMILES string of the molecule is CCCCCCCCCN1C[C@H](O)[C@H](O)[C@H](O)[C@@H]1CO. The lowest BCUT2D eigenvalue weighted by molar-refractivity contribution is -0.145. The first-order chi connectivity index (χ1) is 9.61. The van der Waals surface area contributed by atoms with Crippen LogP contribution in [0.3, 0.4) is 0 Å². The van der Waals surface area contributed by atoms with Gasteiger partial charge in [-0.25, -0.2) is 0 Å². The Labute approximate surface area is 122 Å². The normalized spacial score (nSPS) is 31.6. The van der Waals surface area contributed by atoms with Crippen LogP contribution in [0.1, 0.15) is 51.9 Å². The molecule has 5 nitrogen and oxygen atoms in total. The highest BCUT2D eigenvalue weighted by atomic mass is 16.4. The van der Waals surface area contributed by atoms with Crippen molar-refractivity contribution in [1.82, 2.24) is 4.90 Å². The van der Waals surface area contributed by atoms with E-state index in [1.807, 2.05) is 4.90 Å². The number of aliphatic hydroxyl groups excluding tert-OH is 4. The van der Waals surface area contributed by atoms with E-state index < -0.39 is 24.4 Å². The van der Waals surface area contributed by atoms with Crippen LogP contribution in [0.5, 0.6) is 0 Å². The number of β-amino-alcohol motifs (C(OH)–C–C–N with tert-alkyl or cyclic N) is 1. The summed E-state index contributed by atoms with van der Waals surface area (Å²) < 4.78 is 0. The predicted octanol–water partition coefficient (Wildman–Crippen LogP) is 0.496. The molecule has 1 aliphatic rings. The van der Waals surface area contributed by atoms with Crippen molar-refractivity contribution in [3.63, 3.8) is 0 Å². The zero-order valence-electron chi connectivity index (χ0n) is 12.6. The van der Waals surface area contributed by atoms with Gasteiger partial charge >= 0.3 is 0 Å². The largest absolute Gasteiger partial charge is 0.395 e. The Morgan fingerprint density at radius 2 is 1.50 bits per heavy atom. The van der Waals surface area contributed by atoms with Gasteiger partial charge in [0.15, 0.2) is 0 Å². The molecule has 0 aromatic heterocycles. The van der Waals surface area contributed by atoms with E-state index in [1.54, 1.807) is 0 Å². The fourth-order valence-corrected chi connectivity index (χ4v) is 2.91. The summed E-state index contributed by atoms with van der Waals surface area (Å²) in [6.45, 7) is 3.08. The average Bonchev–Trinajstić information content (AvgIpc) is 2.44. The summed E-state index contributed by atoms with van der Waals surface area (Å²) in [5.74, 6) is 0. The number of hydrogen-bond donors (Lipinski definition) is 4. The minimum atomic E-state index is -1.16. The first kappa shape index (κ1) is 17.9. The fourth-order valence-electron chi connectivity index (χ4n) is 2.91. The van der Waals surface area contributed by atoms with Gasteiger partial charge in [-0.2, -0.15) is 0 Å². The third-order valence-corrected chi connectivity index (χ3v) is 4.26. The molecule has 0 amide bonds. The van der Waals surface area contributed by atoms with E-state index in [1.165, 1.54) is 32.1 Å². The van der Waals surface area contributed by atoms with Crippen LogP contribution in [0.4, 0.5) is 0 Å². The van der Waals surface area contributed by atoms with E-state index >= 15 is 0 Å². The zero-order valence-corrected chi connectivity index (χ0v) is 12.6. The topological polar surface area (TPSA) is 84.2 Å². The van der Waals surface area contributed by atoms with Crippen LogP contribution in [0, 0.1) is 0 Å². The summed E-state index contributed by atoms with van der Waals surface area (Å²) in [7, 11) is 0. The molecule has 0 aliphatic carbocycles. The van der Waals surface area contributed by atoms with Crippen LogP contribution >= 0.6 is 0 Å². The third kappa shape index (κ3) is 5.30. The van der Waals surface area contributed by atoms with Gasteiger partial charge in [-0.15, -0.1) is 0 Å². The van der Waals surface area contributed by atoms with Crippen LogP contribution in [0.2, 0.25) is 0 Å². The van der Waals surface area contributed by atoms with Crippen LogP contribution in [0.25, 0.3) is 0 Å². The van der Waals surface area contributed by atoms with Crippen molar-refractivity contribution in [1.29, 1.82) is 0 Å². The van der Waals surface area contributed by atoms with E-state index in [0.29, 0.717) is 6.54 Å². The van der Waals surface area contributed by atoms with E-state index in [-0.39, 0.29) is 6.61 Å². The molecule has 5 heteroatoms. The molecule has 1 rings (SSSR count). The quantitative estimate of drug-likeness (QED) is 0.465. The Hall–Kier alpha value is -0.200. The summed E-state index contributed by atoms with van der Waals surface area (Å²) in [6, 6.07) is -0.464. The third-order valence-electron chi connectivity index (χ3n) is 4.26. The lowest BCUT2D eigenvalue weighted by Gasteiger charge is -2.43. The lowest BCUT2D eigenvalue weighted by atomic mass is 9.94. The van der Waals surface area contributed by atoms with Crippen molar-refractivity contribution >= 4 is 0 Å². The fraction of sp³-hybridized carbons (Fsp3) is 1.00. The Morgan fingerprint density at radius 1 is 0.900 bits per heavy atom. The molecule has 1 heterocycles. The van der Waals surface area contributed by atoms with Crippen molar-refractivity contribution < 1.29 is 20.4 Å². The van der Waals surface area contributed by atoms with E-state index in [2.05, 4.69) is 6.92 Å². The molecule has 120 valence electrons. The smallest absolute Gasteiger partial charge is 0.109 e. The highest BCUT2D eigenvalue weighted by Gasteiger charge is 2.40. The number of hydrogen-bond acceptors (Lipinski definition) is 5. The van der Waals surface area contributed by atoms with Crippen molar-refractivity contribution in [2.45, 2.75) is 76.2 Å². The Balaban J connectivity index is 2.24. The van der Waals surface area contributed by atoms with Gasteiger partial charge < -0.3 is 20.4 Å². The number of nitrogens with zero attached hydrogens (tertiary/aromatic N) is 1. The molecule has 4 atom stereocenters. The average molecular weight is 289 g/mol. The predicted molar refractivity (Wildman–Crippen MR) is 78.5 cm³/mol. The summed E-state index contributed by atoms with van der Waals surface area (Å²) >= 11 is 0. The van der Waals surface area contributed by atoms with E-state index in [4.69, 9.17) is 0 Å². The second kappa shape index (κ2) is 9.68. The summed E-state index contributed by atoms with van der Waals surface area (Å²) in [6.07, 6.45) is 5.29.